The van der Waals surface area contributed by atoms with Crippen molar-refractivity contribution in [3.63, 3.8) is 0 Å². The highest BCUT2D eigenvalue weighted by Gasteiger charge is 2.26. The van der Waals surface area contributed by atoms with Crippen LogP contribution in [-0.2, 0) is 0 Å². The molecule has 0 saturated heterocycles. The number of carbonyl (C=O) groups excluding carboxylic acids is 1. The molecular weight excluding hydrogens is 405 g/mol. The molecule has 0 aliphatic heterocycles. The molecule has 2 N–H and O–H groups in total. The van der Waals surface area contributed by atoms with Crippen molar-refractivity contribution < 1.29 is 9.18 Å². The summed E-state index contributed by atoms with van der Waals surface area (Å²) >= 11 is 6.08. The molecule has 6 nitrogen and oxygen atoms in total. The number of amides is 1. The molecule has 0 aromatic carbocycles. The zero-order valence-corrected chi connectivity index (χ0v) is 17.6. The number of anilines is 2. The van der Waals surface area contributed by atoms with Gasteiger partial charge in [-0.3, -0.25) is 9.78 Å². The van der Waals surface area contributed by atoms with Gasteiger partial charge in [0.05, 0.1) is 11.3 Å². The van der Waals surface area contributed by atoms with Crippen molar-refractivity contribution in [1.82, 2.24) is 20.3 Å². The second-order valence-corrected chi connectivity index (χ2v) is 8.27. The molecule has 30 heavy (non-hydrogen) atoms. The lowest BCUT2D eigenvalue weighted by Gasteiger charge is -2.19. The van der Waals surface area contributed by atoms with Crippen LogP contribution in [0.5, 0.6) is 0 Å². The van der Waals surface area contributed by atoms with Gasteiger partial charge in [0.25, 0.3) is 5.91 Å². The summed E-state index contributed by atoms with van der Waals surface area (Å²) in [6.45, 7) is 4.04. The summed E-state index contributed by atoms with van der Waals surface area (Å²) in [6.07, 6.45) is 9.01. The molecule has 0 radical (unpaired) electrons. The van der Waals surface area contributed by atoms with Crippen molar-refractivity contribution in [2.75, 3.05) is 5.32 Å². The second-order valence-electron chi connectivity index (χ2n) is 7.84. The van der Waals surface area contributed by atoms with Gasteiger partial charge in [-0.05, 0) is 30.9 Å². The van der Waals surface area contributed by atoms with Crippen LogP contribution >= 0.6 is 11.6 Å². The highest BCUT2D eigenvalue weighted by molar-refractivity contribution is 6.31. The first-order chi connectivity index (χ1) is 14.4. The lowest BCUT2D eigenvalue weighted by atomic mass is 10.0. The van der Waals surface area contributed by atoms with E-state index >= 15 is 0 Å². The molecule has 1 unspecified atom stereocenters. The first-order valence-corrected chi connectivity index (χ1v) is 10.4. The Morgan fingerprint density at radius 3 is 2.83 bits per heavy atom. The van der Waals surface area contributed by atoms with Gasteiger partial charge in [-0.1, -0.05) is 31.5 Å². The Hall–Kier alpha value is -2.80. The van der Waals surface area contributed by atoms with Crippen molar-refractivity contribution >= 4 is 34.6 Å². The van der Waals surface area contributed by atoms with Crippen molar-refractivity contribution in [2.24, 2.45) is 0 Å². The Morgan fingerprint density at radius 1 is 1.30 bits per heavy atom. The summed E-state index contributed by atoms with van der Waals surface area (Å²) in [5.41, 5.74) is 2.23. The molecule has 8 heteroatoms. The number of nitrogens with one attached hydrogen (secondary N) is 2. The molecule has 1 fully saturated rings. The number of hydrogen-bond acceptors (Lipinski definition) is 5. The van der Waals surface area contributed by atoms with Crippen LogP contribution in [0.2, 0.25) is 0 Å². The number of alkyl halides is 1. The van der Waals surface area contributed by atoms with E-state index in [1.54, 1.807) is 30.6 Å². The molecule has 1 amide bonds. The maximum absolute atomic E-state index is 14.5. The predicted molar refractivity (Wildman–Crippen MR) is 116 cm³/mol. The second kappa shape index (κ2) is 8.52. The highest BCUT2D eigenvalue weighted by Crippen LogP contribution is 2.32. The van der Waals surface area contributed by atoms with Crippen LogP contribution in [0.15, 0.2) is 41.8 Å². The fourth-order valence-corrected chi connectivity index (χ4v) is 3.41. The van der Waals surface area contributed by atoms with E-state index in [2.05, 4.69) is 25.6 Å². The van der Waals surface area contributed by atoms with Crippen LogP contribution in [0, 0.1) is 0 Å². The molecule has 2 aromatic rings. The standard InChI is InChI=1S/C22H23ClFN5O/c1-12(2)16-11-26-20(15-9-13(23)3-6-18(15)24)29-21(16)28-19-7-8-25-10-17(19)22(30)27-14-4-5-14/h3,7-12,14,18H,4-6H2,1-2H3,(H,27,30)(H,25,26,28,29). The van der Waals surface area contributed by atoms with Gasteiger partial charge in [-0.15, -0.1) is 0 Å². The molecule has 1 saturated carbocycles. The number of allylic oxidation sites excluding steroid dienone is 4. The molecule has 4 rings (SSSR count). The van der Waals surface area contributed by atoms with Crippen LogP contribution in [0.25, 0.3) is 5.57 Å². The normalized spacial score (nSPS) is 18.6. The molecule has 1 atom stereocenters. The van der Waals surface area contributed by atoms with Gasteiger partial charge in [-0.25, -0.2) is 14.4 Å². The fraction of sp³-hybridized carbons (Fsp3) is 0.364. The molecule has 2 aliphatic carbocycles. The van der Waals surface area contributed by atoms with Crippen LogP contribution in [-0.4, -0.2) is 33.1 Å². The quantitative estimate of drug-likeness (QED) is 0.686. The summed E-state index contributed by atoms with van der Waals surface area (Å²) in [5.74, 6) is 0.750. The van der Waals surface area contributed by atoms with Crippen molar-refractivity contribution in [3.05, 3.63) is 58.8 Å². The maximum Gasteiger partial charge on any atom is 0.255 e. The first-order valence-electron chi connectivity index (χ1n) is 10.0. The van der Waals surface area contributed by atoms with Crippen LogP contribution in [0.4, 0.5) is 15.9 Å². The average molecular weight is 428 g/mol. The Kier molecular flexibility index (Phi) is 5.81. The number of aromatic nitrogens is 3. The Balaban J connectivity index is 1.70. The van der Waals surface area contributed by atoms with Gasteiger partial charge >= 0.3 is 0 Å². The SMILES string of the molecule is CC(C)c1cnc(C2=CC(Cl)=CCC2F)nc1Nc1ccncc1C(=O)NC1CC1. The summed E-state index contributed by atoms with van der Waals surface area (Å²) < 4.78 is 14.5. The topological polar surface area (TPSA) is 79.8 Å². The van der Waals surface area contributed by atoms with Gasteiger partial charge in [0, 0.05) is 47.2 Å². The van der Waals surface area contributed by atoms with E-state index in [0.717, 1.165) is 18.4 Å². The lowest BCUT2D eigenvalue weighted by molar-refractivity contribution is 0.0951. The number of carbonyl (C=O) groups is 1. The summed E-state index contributed by atoms with van der Waals surface area (Å²) in [6, 6.07) is 1.96. The number of halogens is 2. The predicted octanol–water partition coefficient (Wildman–Crippen LogP) is 4.88. The largest absolute Gasteiger partial charge is 0.349 e. The average Bonchev–Trinajstić information content (AvgIpc) is 3.54. The van der Waals surface area contributed by atoms with E-state index in [-0.39, 0.29) is 30.1 Å². The summed E-state index contributed by atoms with van der Waals surface area (Å²) in [4.78, 5) is 25.7. The molecule has 0 spiro atoms. The van der Waals surface area contributed by atoms with E-state index in [1.807, 2.05) is 13.8 Å². The highest BCUT2D eigenvalue weighted by atomic mass is 35.5. The third-order valence-corrected chi connectivity index (χ3v) is 5.34. The fourth-order valence-electron chi connectivity index (χ4n) is 3.20. The first kappa shape index (κ1) is 20.5. The minimum atomic E-state index is -1.22. The van der Waals surface area contributed by atoms with Gasteiger partial charge in [0.1, 0.15) is 12.0 Å². The molecule has 2 heterocycles. The Bertz CT molecular complexity index is 1030. The molecule has 156 valence electrons. The van der Waals surface area contributed by atoms with E-state index in [9.17, 15) is 9.18 Å². The van der Waals surface area contributed by atoms with Crippen molar-refractivity contribution in [2.45, 2.75) is 51.2 Å². The Morgan fingerprint density at radius 2 is 2.10 bits per heavy atom. The number of nitrogens with zero attached hydrogens (tertiary/aromatic N) is 3. The number of rotatable bonds is 6. The number of pyridine rings is 1. The van der Waals surface area contributed by atoms with E-state index in [0.29, 0.717) is 27.7 Å². The van der Waals surface area contributed by atoms with Gasteiger partial charge in [0.2, 0.25) is 0 Å². The molecule has 0 bridgehead atoms. The zero-order valence-electron chi connectivity index (χ0n) is 16.8. The van der Waals surface area contributed by atoms with Gasteiger partial charge < -0.3 is 10.6 Å². The summed E-state index contributed by atoms with van der Waals surface area (Å²) in [5, 5.41) is 6.70. The van der Waals surface area contributed by atoms with Crippen molar-refractivity contribution in [1.29, 1.82) is 0 Å². The van der Waals surface area contributed by atoms with Crippen LogP contribution < -0.4 is 10.6 Å². The van der Waals surface area contributed by atoms with E-state index < -0.39 is 6.17 Å². The van der Waals surface area contributed by atoms with E-state index in [4.69, 9.17) is 11.6 Å². The van der Waals surface area contributed by atoms with E-state index in [1.165, 1.54) is 6.20 Å². The smallest absolute Gasteiger partial charge is 0.255 e. The molecule has 2 aromatic heterocycles. The van der Waals surface area contributed by atoms with Crippen LogP contribution in [0.1, 0.15) is 60.8 Å². The van der Waals surface area contributed by atoms with Crippen molar-refractivity contribution in [3.8, 4) is 0 Å². The molecular formula is C22H23ClFN5O. The zero-order chi connectivity index (χ0) is 21.3. The lowest BCUT2D eigenvalue weighted by Crippen LogP contribution is -2.26. The monoisotopic (exact) mass is 427 g/mol. The van der Waals surface area contributed by atoms with Gasteiger partial charge in [0.15, 0.2) is 5.82 Å². The minimum absolute atomic E-state index is 0.122. The maximum atomic E-state index is 14.5. The minimum Gasteiger partial charge on any atom is -0.349 e. The Labute approximate surface area is 179 Å². The molecule has 2 aliphatic rings. The third kappa shape index (κ3) is 4.51. The third-order valence-electron chi connectivity index (χ3n) is 5.08. The van der Waals surface area contributed by atoms with Gasteiger partial charge in [-0.2, -0.15) is 0 Å². The summed E-state index contributed by atoms with van der Waals surface area (Å²) in [7, 11) is 0. The number of hydrogen-bond donors (Lipinski definition) is 2. The van der Waals surface area contributed by atoms with Crippen LogP contribution in [0.3, 0.4) is 0 Å².